The van der Waals surface area contributed by atoms with Crippen molar-refractivity contribution in [2.45, 2.75) is 26.4 Å². The van der Waals surface area contributed by atoms with Crippen LogP contribution in [0.25, 0.3) is 22.4 Å². The van der Waals surface area contributed by atoms with Crippen LogP contribution < -0.4 is 10.1 Å². The first kappa shape index (κ1) is 25.3. The van der Waals surface area contributed by atoms with Crippen molar-refractivity contribution < 1.29 is 19.2 Å². The largest absolute Gasteiger partial charge is 0.490 e. The van der Waals surface area contributed by atoms with Gasteiger partial charge in [-0.15, -0.1) is 0 Å². The maximum Gasteiger partial charge on any atom is 0.311 e. The number of hydrogen-bond acceptors (Lipinski definition) is 7. The van der Waals surface area contributed by atoms with Crippen molar-refractivity contribution in [3.05, 3.63) is 76.0 Å². The molecule has 1 amide bonds. The lowest BCUT2D eigenvalue weighted by atomic mass is 9.95. The number of ether oxygens (including phenoxy) is 2. The van der Waals surface area contributed by atoms with Crippen molar-refractivity contribution in [3.63, 3.8) is 0 Å². The van der Waals surface area contributed by atoms with E-state index in [1.165, 1.54) is 13.2 Å². The van der Waals surface area contributed by atoms with Gasteiger partial charge in [0.2, 0.25) is 0 Å². The van der Waals surface area contributed by atoms with E-state index in [1.807, 2.05) is 43.3 Å². The van der Waals surface area contributed by atoms with Crippen molar-refractivity contribution in [3.8, 4) is 28.1 Å². The number of rotatable bonds is 8. The molecule has 4 rings (SSSR count). The highest BCUT2D eigenvalue weighted by molar-refractivity contribution is 6.03. The SMILES string of the molecule is CCCN(C(=O)c1c(-c2ccc(OC)c([N+](=O)[O-])c2)cc(-c2ccccc2)nc1C)C1COCCN1. The third-order valence-corrected chi connectivity index (χ3v) is 6.17. The zero-order chi connectivity index (χ0) is 25.7. The molecule has 3 aromatic rings. The second-order valence-electron chi connectivity index (χ2n) is 8.57. The fourth-order valence-corrected chi connectivity index (χ4v) is 4.46. The van der Waals surface area contributed by atoms with Crippen molar-refractivity contribution >= 4 is 11.6 Å². The molecule has 1 N–H and O–H groups in total. The number of aryl methyl sites for hydroxylation is 1. The predicted octanol–water partition coefficient (Wildman–Crippen LogP) is 4.44. The van der Waals surface area contributed by atoms with Gasteiger partial charge >= 0.3 is 5.69 Å². The summed E-state index contributed by atoms with van der Waals surface area (Å²) in [6.45, 7) is 5.99. The van der Waals surface area contributed by atoms with Crippen LogP contribution in [0.3, 0.4) is 0 Å². The lowest BCUT2D eigenvalue weighted by Crippen LogP contribution is -2.55. The normalized spacial score (nSPS) is 15.4. The Balaban J connectivity index is 1.90. The van der Waals surface area contributed by atoms with Crippen molar-refractivity contribution in [1.29, 1.82) is 0 Å². The fraction of sp³-hybridized carbons (Fsp3) is 0.333. The molecule has 36 heavy (non-hydrogen) atoms. The maximum atomic E-state index is 14.1. The fourth-order valence-electron chi connectivity index (χ4n) is 4.46. The van der Waals surface area contributed by atoms with Gasteiger partial charge in [-0.3, -0.25) is 25.2 Å². The highest BCUT2D eigenvalue weighted by Gasteiger charge is 2.30. The van der Waals surface area contributed by atoms with Crippen molar-refractivity contribution in [1.82, 2.24) is 15.2 Å². The summed E-state index contributed by atoms with van der Waals surface area (Å²) >= 11 is 0. The second-order valence-corrected chi connectivity index (χ2v) is 8.57. The van der Waals surface area contributed by atoms with E-state index in [-0.39, 0.29) is 23.5 Å². The Morgan fingerprint density at radius 3 is 2.64 bits per heavy atom. The molecule has 9 heteroatoms. The summed E-state index contributed by atoms with van der Waals surface area (Å²) < 4.78 is 10.8. The number of carbonyl (C=O) groups is 1. The van der Waals surface area contributed by atoms with Crippen LogP contribution in [-0.2, 0) is 4.74 Å². The summed E-state index contributed by atoms with van der Waals surface area (Å²) in [5, 5.41) is 15.1. The summed E-state index contributed by atoms with van der Waals surface area (Å²) in [4.78, 5) is 31.9. The smallest absolute Gasteiger partial charge is 0.311 e. The lowest BCUT2D eigenvalue weighted by Gasteiger charge is -2.35. The first-order valence-corrected chi connectivity index (χ1v) is 12.0. The van der Waals surface area contributed by atoms with E-state index in [1.54, 1.807) is 24.0 Å². The van der Waals surface area contributed by atoms with Crippen LogP contribution in [-0.4, -0.2) is 60.3 Å². The standard InChI is InChI=1S/C27H30N4O5/c1-4-13-30(25-17-36-14-12-28-25)27(32)26-18(2)29-22(19-8-6-5-7-9-19)16-21(26)20-10-11-24(35-3)23(15-20)31(33)34/h5-11,15-16,25,28H,4,12-14,17H2,1-3H3. The number of aromatic nitrogens is 1. The van der Waals surface area contributed by atoms with E-state index in [2.05, 4.69) is 5.32 Å². The number of carbonyl (C=O) groups excluding carboxylic acids is 1. The number of morpholine rings is 1. The number of nitro benzene ring substituents is 1. The first-order valence-electron chi connectivity index (χ1n) is 12.0. The van der Waals surface area contributed by atoms with Gasteiger partial charge in [-0.2, -0.15) is 0 Å². The molecule has 1 atom stereocenters. The van der Waals surface area contributed by atoms with Crippen molar-refractivity contribution in [2.75, 3.05) is 33.4 Å². The molecule has 0 bridgehead atoms. The van der Waals surface area contributed by atoms with Gasteiger partial charge in [0.15, 0.2) is 5.75 Å². The summed E-state index contributed by atoms with van der Waals surface area (Å²) in [7, 11) is 1.39. The van der Waals surface area contributed by atoms with Gasteiger partial charge < -0.3 is 14.4 Å². The molecular weight excluding hydrogens is 460 g/mol. The molecule has 0 radical (unpaired) electrons. The summed E-state index contributed by atoms with van der Waals surface area (Å²) in [5.74, 6) is -0.0419. The minimum atomic E-state index is -0.483. The molecule has 1 fully saturated rings. The van der Waals surface area contributed by atoms with Gasteiger partial charge in [0, 0.05) is 24.7 Å². The van der Waals surface area contributed by atoms with Crippen LogP contribution in [0.5, 0.6) is 5.75 Å². The molecule has 2 heterocycles. The maximum absolute atomic E-state index is 14.1. The van der Waals surface area contributed by atoms with Crippen LogP contribution >= 0.6 is 0 Å². The summed E-state index contributed by atoms with van der Waals surface area (Å²) in [6, 6.07) is 16.2. The Kier molecular flexibility index (Phi) is 7.92. The van der Waals surface area contributed by atoms with Crippen LogP contribution in [0.15, 0.2) is 54.6 Å². The molecule has 9 nitrogen and oxygen atoms in total. The van der Waals surface area contributed by atoms with Gasteiger partial charge in [-0.1, -0.05) is 43.3 Å². The molecule has 1 aliphatic heterocycles. The number of nitrogens with zero attached hydrogens (tertiary/aromatic N) is 3. The Hall–Kier alpha value is -3.82. The molecule has 1 unspecified atom stereocenters. The minimum absolute atomic E-state index is 0.154. The number of nitrogens with one attached hydrogen (secondary N) is 1. The Labute approximate surface area is 210 Å². The first-order chi connectivity index (χ1) is 17.4. The van der Waals surface area contributed by atoms with E-state index in [0.29, 0.717) is 54.4 Å². The zero-order valence-electron chi connectivity index (χ0n) is 20.7. The Morgan fingerprint density at radius 2 is 2.00 bits per heavy atom. The van der Waals surface area contributed by atoms with E-state index >= 15 is 0 Å². The molecule has 1 aromatic heterocycles. The zero-order valence-corrected chi connectivity index (χ0v) is 20.7. The van der Waals surface area contributed by atoms with E-state index in [9.17, 15) is 14.9 Å². The average Bonchev–Trinajstić information content (AvgIpc) is 2.91. The molecule has 188 valence electrons. The molecule has 0 aliphatic carbocycles. The molecule has 1 saturated heterocycles. The molecular formula is C27H30N4O5. The third kappa shape index (κ3) is 5.22. The van der Waals surface area contributed by atoms with Gasteiger partial charge in [0.1, 0.15) is 6.17 Å². The molecule has 0 spiro atoms. The molecule has 1 aliphatic rings. The highest BCUT2D eigenvalue weighted by Crippen LogP contribution is 2.36. The second kappa shape index (κ2) is 11.3. The molecule has 2 aromatic carbocycles. The van der Waals surface area contributed by atoms with Crippen LogP contribution in [0, 0.1) is 17.0 Å². The van der Waals surface area contributed by atoms with Gasteiger partial charge in [0.05, 0.1) is 42.2 Å². The minimum Gasteiger partial charge on any atom is -0.490 e. The van der Waals surface area contributed by atoms with Gasteiger partial charge in [-0.25, -0.2) is 0 Å². The lowest BCUT2D eigenvalue weighted by molar-refractivity contribution is -0.385. The summed E-state index contributed by atoms with van der Waals surface area (Å²) in [6.07, 6.45) is 0.499. The van der Waals surface area contributed by atoms with Crippen LogP contribution in [0.1, 0.15) is 29.4 Å². The number of nitro groups is 1. The van der Waals surface area contributed by atoms with Crippen molar-refractivity contribution in [2.24, 2.45) is 0 Å². The third-order valence-electron chi connectivity index (χ3n) is 6.17. The number of hydrogen-bond donors (Lipinski definition) is 1. The Morgan fingerprint density at radius 1 is 1.22 bits per heavy atom. The highest BCUT2D eigenvalue weighted by atomic mass is 16.6. The number of amides is 1. The number of benzene rings is 2. The van der Waals surface area contributed by atoms with E-state index in [4.69, 9.17) is 14.5 Å². The monoisotopic (exact) mass is 490 g/mol. The van der Waals surface area contributed by atoms with E-state index in [0.717, 1.165) is 12.0 Å². The topological polar surface area (TPSA) is 107 Å². The van der Waals surface area contributed by atoms with Gasteiger partial charge in [-0.05, 0) is 36.6 Å². The number of methoxy groups -OCH3 is 1. The average molecular weight is 491 g/mol. The number of pyridine rings is 1. The van der Waals surface area contributed by atoms with E-state index < -0.39 is 4.92 Å². The van der Waals surface area contributed by atoms with Crippen LogP contribution in [0.2, 0.25) is 0 Å². The van der Waals surface area contributed by atoms with Gasteiger partial charge in [0.25, 0.3) is 5.91 Å². The predicted molar refractivity (Wildman–Crippen MR) is 137 cm³/mol. The molecule has 0 saturated carbocycles. The van der Waals surface area contributed by atoms with Crippen LogP contribution in [0.4, 0.5) is 5.69 Å². The quantitative estimate of drug-likeness (QED) is 0.367. The Bertz CT molecular complexity index is 1240. The summed E-state index contributed by atoms with van der Waals surface area (Å²) in [5.41, 5.74) is 3.48.